The Bertz CT molecular complexity index is 960. The van der Waals surface area contributed by atoms with Crippen molar-refractivity contribution in [2.45, 2.75) is 6.92 Å². The van der Waals surface area contributed by atoms with Gasteiger partial charge in [-0.15, -0.1) is 0 Å². The molecule has 26 heavy (non-hydrogen) atoms. The summed E-state index contributed by atoms with van der Waals surface area (Å²) in [6.45, 7) is 2.68. The highest BCUT2D eigenvalue weighted by Crippen LogP contribution is 2.21. The quantitative estimate of drug-likeness (QED) is 0.604. The summed E-state index contributed by atoms with van der Waals surface area (Å²) in [6.07, 6.45) is 4.33. The average molecular weight is 355 g/mol. The molecule has 0 unspecified atom stereocenters. The fourth-order valence-electron chi connectivity index (χ4n) is 2.30. The van der Waals surface area contributed by atoms with Crippen LogP contribution in [0.25, 0.3) is 11.5 Å². The van der Waals surface area contributed by atoms with Crippen molar-refractivity contribution in [3.8, 4) is 11.5 Å². The van der Waals surface area contributed by atoms with Crippen LogP contribution in [0.4, 0.5) is 11.5 Å². The number of nitrogens with zero attached hydrogens (tertiary/aromatic N) is 4. The fraction of sp³-hybridized carbons (Fsp3) is 0.188. The van der Waals surface area contributed by atoms with Gasteiger partial charge in [0.1, 0.15) is 12.1 Å². The molecular weight excluding hydrogens is 338 g/mol. The van der Waals surface area contributed by atoms with Gasteiger partial charge in [0.15, 0.2) is 11.4 Å². The first-order valence-corrected chi connectivity index (χ1v) is 7.78. The number of carbonyl (C=O) groups is 2. The van der Waals surface area contributed by atoms with Gasteiger partial charge in [-0.25, -0.2) is 9.97 Å². The number of nitrogens with one attached hydrogen (secondary N) is 2. The topological polar surface area (TPSA) is 141 Å². The summed E-state index contributed by atoms with van der Waals surface area (Å²) in [5.74, 6) is -0.334. The first-order valence-electron chi connectivity index (χ1n) is 7.78. The first-order chi connectivity index (χ1) is 12.5. The molecule has 3 aromatic heterocycles. The predicted molar refractivity (Wildman–Crippen MR) is 93.6 cm³/mol. The van der Waals surface area contributed by atoms with E-state index in [-0.39, 0.29) is 23.0 Å². The largest absolute Gasteiger partial charge is 0.444 e. The van der Waals surface area contributed by atoms with Crippen LogP contribution in [0.5, 0.6) is 0 Å². The lowest BCUT2D eigenvalue weighted by molar-refractivity contribution is 0.0995. The standard InChI is InChI=1S/C16H17N7O3/c1-3-18-12-6-9(4-5-19-12)16-21-11(8-26-16)15(25)20-10-7-23(2)22-13(10)14(17)24/h4-8H,3H2,1-2H3,(H2,17,24)(H,18,19)(H,20,25). The van der Waals surface area contributed by atoms with Crippen LogP contribution in [0.1, 0.15) is 27.9 Å². The van der Waals surface area contributed by atoms with E-state index < -0.39 is 11.8 Å². The Morgan fingerprint density at radius 1 is 1.38 bits per heavy atom. The van der Waals surface area contributed by atoms with E-state index in [1.165, 1.54) is 17.1 Å². The van der Waals surface area contributed by atoms with Crippen molar-refractivity contribution in [3.63, 3.8) is 0 Å². The summed E-state index contributed by atoms with van der Waals surface area (Å²) in [5, 5.41) is 9.55. The minimum Gasteiger partial charge on any atom is -0.444 e. The number of hydrogen-bond donors (Lipinski definition) is 3. The van der Waals surface area contributed by atoms with E-state index in [1.54, 1.807) is 25.4 Å². The lowest BCUT2D eigenvalue weighted by Crippen LogP contribution is -2.18. The van der Waals surface area contributed by atoms with Gasteiger partial charge in [0, 0.05) is 31.5 Å². The highest BCUT2D eigenvalue weighted by Gasteiger charge is 2.19. The first kappa shape index (κ1) is 17.1. The summed E-state index contributed by atoms with van der Waals surface area (Å²) >= 11 is 0. The maximum atomic E-state index is 12.4. The zero-order valence-corrected chi connectivity index (χ0v) is 14.2. The monoisotopic (exact) mass is 355 g/mol. The van der Waals surface area contributed by atoms with E-state index >= 15 is 0 Å². The number of aromatic nitrogens is 4. The molecule has 2 amide bonds. The summed E-state index contributed by atoms with van der Waals surface area (Å²) in [7, 11) is 1.61. The number of carbonyl (C=O) groups excluding carboxylic acids is 2. The van der Waals surface area contributed by atoms with Crippen molar-refractivity contribution < 1.29 is 14.0 Å². The van der Waals surface area contributed by atoms with Gasteiger partial charge in [0.05, 0.1) is 5.69 Å². The average Bonchev–Trinajstić information content (AvgIpc) is 3.22. The number of primary amides is 1. The van der Waals surface area contributed by atoms with Gasteiger partial charge < -0.3 is 20.8 Å². The second kappa shape index (κ2) is 7.05. The Morgan fingerprint density at radius 2 is 2.19 bits per heavy atom. The molecule has 0 saturated carbocycles. The predicted octanol–water partition coefficient (Wildman–Crippen LogP) is 1.25. The molecule has 0 radical (unpaired) electrons. The number of rotatable bonds is 6. The smallest absolute Gasteiger partial charge is 0.277 e. The third-order valence-electron chi connectivity index (χ3n) is 3.41. The molecule has 0 aliphatic rings. The van der Waals surface area contributed by atoms with Crippen LogP contribution in [0.3, 0.4) is 0 Å². The van der Waals surface area contributed by atoms with Gasteiger partial charge in [0.2, 0.25) is 5.89 Å². The van der Waals surface area contributed by atoms with Crippen LogP contribution in [0.15, 0.2) is 35.2 Å². The lowest BCUT2D eigenvalue weighted by Gasteiger charge is -2.02. The number of anilines is 2. The Labute approximate surface area is 148 Å². The van der Waals surface area contributed by atoms with Gasteiger partial charge in [-0.2, -0.15) is 5.10 Å². The summed E-state index contributed by atoms with van der Waals surface area (Å²) in [6, 6.07) is 3.49. The maximum Gasteiger partial charge on any atom is 0.277 e. The van der Waals surface area contributed by atoms with E-state index in [2.05, 4.69) is 25.7 Å². The number of amides is 2. The highest BCUT2D eigenvalue weighted by atomic mass is 16.3. The van der Waals surface area contributed by atoms with Crippen LogP contribution in [-0.2, 0) is 7.05 Å². The third kappa shape index (κ3) is 3.53. The second-order valence-corrected chi connectivity index (χ2v) is 5.38. The molecule has 0 aliphatic heterocycles. The highest BCUT2D eigenvalue weighted by molar-refractivity contribution is 6.07. The maximum absolute atomic E-state index is 12.4. The molecule has 0 saturated heterocycles. The molecule has 3 heterocycles. The minimum absolute atomic E-state index is 0.0333. The van der Waals surface area contributed by atoms with Crippen molar-refractivity contribution in [1.82, 2.24) is 19.7 Å². The van der Waals surface area contributed by atoms with E-state index in [0.717, 1.165) is 6.54 Å². The fourth-order valence-corrected chi connectivity index (χ4v) is 2.30. The molecule has 10 nitrogen and oxygen atoms in total. The Hall–Kier alpha value is -3.69. The van der Waals surface area contributed by atoms with Crippen LogP contribution in [0, 0.1) is 0 Å². The van der Waals surface area contributed by atoms with Gasteiger partial charge in [0.25, 0.3) is 11.8 Å². The Morgan fingerprint density at radius 3 is 2.92 bits per heavy atom. The van der Waals surface area contributed by atoms with Crippen molar-refractivity contribution in [3.05, 3.63) is 42.2 Å². The third-order valence-corrected chi connectivity index (χ3v) is 3.41. The SMILES string of the molecule is CCNc1cc(-c2nc(C(=O)Nc3cn(C)nc3C(N)=O)co2)ccn1. The molecule has 10 heteroatoms. The number of aryl methyl sites for hydroxylation is 1. The molecule has 3 rings (SSSR count). The van der Waals surface area contributed by atoms with E-state index in [9.17, 15) is 9.59 Å². The molecule has 0 fully saturated rings. The van der Waals surface area contributed by atoms with Crippen molar-refractivity contribution in [2.75, 3.05) is 17.2 Å². The number of nitrogens with two attached hydrogens (primary N) is 1. The molecule has 134 valence electrons. The molecular formula is C16H17N7O3. The summed E-state index contributed by atoms with van der Waals surface area (Å²) in [5.41, 5.74) is 6.15. The van der Waals surface area contributed by atoms with Crippen molar-refractivity contribution >= 4 is 23.3 Å². The zero-order chi connectivity index (χ0) is 18.7. The van der Waals surface area contributed by atoms with Gasteiger partial charge >= 0.3 is 0 Å². The van der Waals surface area contributed by atoms with Crippen LogP contribution in [-0.4, -0.2) is 38.1 Å². The van der Waals surface area contributed by atoms with Gasteiger partial charge in [-0.1, -0.05) is 0 Å². The Balaban J connectivity index is 1.80. The number of hydrogen-bond acceptors (Lipinski definition) is 7. The molecule has 3 aromatic rings. The van der Waals surface area contributed by atoms with Crippen molar-refractivity contribution in [2.24, 2.45) is 12.8 Å². The molecule has 0 aromatic carbocycles. The lowest BCUT2D eigenvalue weighted by atomic mass is 10.2. The van der Waals surface area contributed by atoms with Gasteiger partial charge in [-0.05, 0) is 19.1 Å². The Kier molecular flexibility index (Phi) is 4.65. The van der Waals surface area contributed by atoms with Crippen LogP contribution < -0.4 is 16.4 Å². The van der Waals surface area contributed by atoms with Crippen molar-refractivity contribution in [1.29, 1.82) is 0 Å². The van der Waals surface area contributed by atoms with E-state index in [4.69, 9.17) is 10.2 Å². The van der Waals surface area contributed by atoms with Gasteiger partial charge in [-0.3, -0.25) is 14.3 Å². The van der Waals surface area contributed by atoms with Crippen LogP contribution >= 0.6 is 0 Å². The summed E-state index contributed by atoms with van der Waals surface area (Å²) < 4.78 is 6.76. The zero-order valence-electron chi connectivity index (χ0n) is 14.2. The minimum atomic E-state index is -0.741. The number of pyridine rings is 1. The number of oxazole rings is 1. The molecule has 0 atom stereocenters. The molecule has 0 aliphatic carbocycles. The molecule has 0 bridgehead atoms. The summed E-state index contributed by atoms with van der Waals surface area (Å²) in [4.78, 5) is 32.1. The van der Waals surface area contributed by atoms with E-state index in [0.29, 0.717) is 11.4 Å². The molecule has 4 N–H and O–H groups in total. The normalized spacial score (nSPS) is 10.5. The molecule has 0 spiro atoms. The second-order valence-electron chi connectivity index (χ2n) is 5.38. The van der Waals surface area contributed by atoms with E-state index in [1.807, 2.05) is 6.92 Å². The van der Waals surface area contributed by atoms with Crippen LogP contribution in [0.2, 0.25) is 0 Å².